The lowest BCUT2D eigenvalue weighted by molar-refractivity contribution is -0.115. The lowest BCUT2D eigenvalue weighted by Crippen LogP contribution is -2.25. The van der Waals surface area contributed by atoms with Crippen LogP contribution in [0.2, 0.25) is 0 Å². The molecule has 2 N–H and O–H groups in total. The van der Waals surface area contributed by atoms with Crippen LogP contribution in [0.5, 0.6) is 0 Å². The molecule has 6 heteroatoms. The number of nitrogens with one attached hydrogen (secondary N) is 2. The number of aromatic nitrogens is 3. The van der Waals surface area contributed by atoms with Crippen LogP contribution in [0.15, 0.2) is 36.9 Å². The summed E-state index contributed by atoms with van der Waals surface area (Å²) in [6.07, 6.45) is 3.16. The average Bonchev–Trinajstić information content (AvgIpc) is 2.82. The van der Waals surface area contributed by atoms with Gasteiger partial charge < -0.3 is 10.6 Å². The smallest absolute Gasteiger partial charge is 0.238 e. The molecule has 0 saturated carbocycles. The first-order chi connectivity index (χ1) is 8.78. The van der Waals surface area contributed by atoms with Gasteiger partial charge in [0.15, 0.2) is 0 Å². The Bertz CT molecular complexity index is 509. The zero-order valence-corrected chi connectivity index (χ0v) is 10.1. The first kappa shape index (κ1) is 12.3. The standard InChI is InChI=1S/C12H15N5O/c1-13-6-12(18)16-11-4-2-3-10(5-11)7-17-9-14-8-15-17/h2-5,8-9,13H,6-7H2,1H3,(H,16,18). The molecule has 0 aliphatic heterocycles. The maximum absolute atomic E-state index is 11.4. The van der Waals surface area contributed by atoms with Crippen molar-refractivity contribution in [3.63, 3.8) is 0 Å². The summed E-state index contributed by atoms with van der Waals surface area (Å²) in [5, 5.41) is 9.66. The molecule has 6 nitrogen and oxygen atoms in total. The predicted octanol–water partition coefficient (Wildman–Crippen LogP) is 0.484. The molecule has 1 aromatic carbocycles. The number of hydrogen-bond donors (Lipinski definition) is 2. The summed E-state index contributed by atoms with van der Waals surface area (Å²) in [4.78, 5) is 15.3. The van der Waals surface area contributed by atoms with Crippen molar-refractivity contribution in [2.75, 3.05) is 18.9 Å². The lowest BCUT2D eigenvalue weighted by atomic mass is 10.2. The van der Waals surface area contributed by atoms with Crippen LogP contribution >= 0.6 is 0 Å². The summed E-state index contributed by atoms with van der Waals surface area (Å²) in [7, 11) is 1.74. The maximum atomic E-state index is 11.4. The maximum Gasteiger partial charge on any atom is 0.238 e. The van der Waals surface area contributed by atoms with E-state index in [1.165, 1.54) is 6.33 Å². The number of carbonyl (C=O) groups excluding carboxylic acids is 1. The largest absolute Gasteiger partial charge is 0.325 e. The van der Waals surface area contributed by atoms with Crippen LogP contribution in [0.25, 0.3) is 0 Å². The molecule has 0 spiro atoms. The van der Waals surface area contributed by atoms with Gasteiger partial charge in [0.2, 0.25) is 5.91 Å². The first-order valence-corrected chi connectivity index (χ1v) is 5.64. The summed E-state index contributed by atoms with van der Waals surface area (Å²) in [6.45, 7) is 0.934. The summed E-state index contributed by atoms with van der Waals surface area (Å²) in [5.74, 6) is -0.0598. The summed E-state index contributed by atoms with van der Waals surface area (Å²) >= 11 is 0. The van der Waals surface area contributed by atoms with Crippen molar-refractivity contribution in [3.8, 4) is 0 Å². The zero-order valence-electron chi connectivity index (χ0n) is 10.1. The minimum Gasteiger partial charge on any atom is -0.325 e. The second kappa shape index (κ2) is 5.92. The van der Waals surface area contributed by atoms with Gasteiger partial charge in [-0.25, -0.2) is 9.67 Å². The second-order valence-electron chi connectivity index (χ2n) is 3.87. The molecule has 0 fully saturated rings. The Kier molecular flexibility index (Phi) is 4.03. The van der Waals surface area contributed by atoms with Gasteiger partial charge in [0, 0.05) is 5.69 Å². The van der Waals surface area contributed by atoms with Gasteiger partial charge >= 0.3 is 0 Å². The molecule has 18 heavy (non-hydrogen) atoms. The highest BCUT2D eigenvalue weighted by Crippen LogP contribution is 2.11. The van der Waals surface area contributed by atoms with Crippen molar-refractivity contribution in [2.45, 2.75) is 6.54 Å². The number of amides is 1. The molecule has 0 radical (unpaired) electrons. The summed E-state index contributed by atoms with van der Waals surface area (Å²) in [5.41, 5.74) is 1.84. The SMILES string of the molecule is CNCC(=O)Nc1cccc(Cn2cncn2)c1. The van der Waals surface area contributed by atoms with E-state index in [9.17, 15) is 4.79 Å². The van der Waals surface area contributed by atoms with Crippen LogP contribution in [0.3, 0.4) is 0 Å². The van der Waals surface area contributed by atoms with Gasteiger partial charge in [0.05, 0.1) is 13.1 Å². The first-order valence-electron chi connectivity index (χ1n) is 5.64. The third-order valence-corrected chi connectivity index (χ3v) is 2.36. The Balaban J connectivity index is 2.03. The Morgan fingerprint density at radius 3 is 3.06 bits per heavy atom. The van der Waals surface area contributed by atoms with Crippen LogP contribution in [-0.2, 0) is 11.3 Å². The number of hydrogen-bond acceptors (Lipinski definition) is 4. The minimum absolute atomic E-state index is 0.0598. The molecule has 94 valence electrons. The Labute approximate surface area is 105 Å². The molecule has 0 bridgehead atoms. The average molecular weight is 245 g/mol. The molecule has 1 amide bonds. The molecule has 1 heterocycles. The third kappa shape index (κ3) is 3.39. The van der Waals surface area contributed by atoms with E-state index in [0.717, 1.165) is 11.3 Å². The van der Waals surface area contributed by atoms with Crippen LogP contribution in [0.1, 0.15) is 5.56 Å². The second-order valence-corrected chi connectivity index (χ2v) is 3.87. The van der Waals surface area contributed by atoms with E-state index in [1.807, 2.05) is 24.3 Å². The monoisotopic (exact) mass is 245 g/mol. The molecule has 0 aliphatic carbocycles. The normalized spacial score (nSPS) is 10.3. The summed E-state index contributed by atoms with van der Waals surface area (Å²) in [6, 6.07) is 7.67. The van der Waals surface area contributed by atoms with Crippen LogP contribution < -0.4 is 10.6 Å². The number of likely N-dealkylation sites (N-methyl/N-ethyl adjacent to an activating group) is 1. The molecule has 0 atom stereocenters. The van der Waals surface area contributed by atoms with Gasteiger partial charge in [-0.1, -0.05) is 12.1 Å². The van der Waals surface area contributed by atoms with Crippen molar-refractivity contribution >= 4 is 11.6 Å². The molecule has 1 aromatic heterocycles. The van der Waals surface area contributed by atoms with Crippen molar-refractivity contribution in [1.29, 1.82) is 0 Å². The molecule has 2 rings (SSSR count). The van der Waals surface area contributed by atoms with Gasteiger partial charge in [-0.3, -0.25) is 4.79 Å². The van der Waals surface area contributed by atoms with Gasteiger partial charge in [-0.05, 0) is 24.7 Å². The molecule has 0 saturated heterocycles. The zero-order chi connectivity index (χ0) is 12.8. The van der Waals surface area contributed by atoms with E-state index in [4.69, 9.17) is 0 Å². The number of nitrogens with zero attached hydrogens (tertiary/aromatic N) is 3. The molecule has 0 aliphatic rings. The number of rotatable bonds is 5. The Morgan fingerprint density at radius 2 is 2.33 bits per heavy atom. The number of benzene rings is 1. The van der Waals surface area contributed by atoms with E-state index in [1.54, 1.807) is 18.1 Å². The van der Waals surface area contributed by atoms with Crippen LogP contribution in [0.4, 0.5) is 5.69 Å². The van der Waals surface area contributed by atoms with E-state index >= 15 is 0 Å². The van der Waals surface area contributed by atoms with E-state index < -0.39 is 0 Å². The molecule has 2 aromatic rings. The Morgan fingerprint density at radius 1 is 1.44 bits per heavy atom. The van der Waals surface area contributed by atoms with Crippen LogP contribution in [-0.4, -0.2) is 34.3 Å². The highest BCUT2D eigenvalue weighted by atomic mass is 16.1. The molecule has 0 unspecified atom stereocenters. The lowest BCUT2D eigenvalue weighted by Gasteiger charge is -2.07. The number of carbonyl (C=O) groups is 1. The van der Waals surface area contributed by atoms with Crippen LogP contribution in [0, 0.1) is 0 Å². The fraction of sp³-hybridized carbons (Fsp3) is 0.250. The van der Waals surface area contributed by atoms with Gasteiger partial charge in [0.1, 0.15) is 12.7 Å². The van der Waals surface area contributed by atoms with Gasteiger partial charge in [-0.2, -0.15) is 5.10 Å². The Hall–Kier alpha value is -2.21. The summed E-state index contributed by atoms with van der Waals surface area (Å²) < 4.78 is 1.73. The minimum atomic E-state index is -0.0598. The van der Waals surface area contributed by atoms with Crippen molar-refractivity contribution in [2.24, 2.45) is 0 Å². The number of anilines is 1. The van der Waals surface area contributed by atoms with E-state index in [2.05, 4.69) is 20.7 Å². The topological polar surface area (TPSA) is 71.8 Å². The molecular formula is C12H15N5O. The third-order valence-electron chi connectivity index (χ3n) is 2.36. The fourth-order valence-electron chi connectivity index (χ4n) is 1.61. The quantitative estimate of drug-likeness (QED) is 0.804. The highest BCUT2D eigenvalue weighted by Gasteiger charge is 2.02. The molecular weight excluding hydrogens is 230 g/mol. The van der Waals surface area contributed by atoms with Gasteiger partial charge in [-0.15, -0.1) is 0 Å². The van der Waals surface area contributed by atoms with E-state index in [0.29, 0.717) is 13.1 Å². The van der Waals surface area contributed by atoms with Crippen molar-refractivity contribution in [1.82, 2.24) is 20.1 Å². The van der Waals surface area contributed by atoms with Crippen molar-refractivity contribution in [3.05, 3.63) is 42.5 Å². The van der Waals surface area contributed by atoms with Gasteiger partial charge in [0.25, 0.3) is 0 Å². The fourth-order valence-corrected chi connectivity index (χ4v) is 1.61. The predicted molar refractivity (Wildman–Crippen MR) is 68.1 cm³/mol. The van der Waals surface area contributed by atoms with Crippen molar-refractivity contribution < 1.29 is 4.79 Å². The highest BCUT2D eigenvalue weighted by molar-refractivity contribution is 5.92. The van der Waals surface area contributed by atoms with E-state index in [-0.39, 0.29) is 5.91 Å².